The number of hydrogen-bond donors (Lipinski definition) is 0. The maximum Gasteiger partial charge on any atom is 0.131 e. The van der Waals surface area contributed by atoms with Gasteiger partial charge in [0.2, 0.25) is 0 Å². The molecule has 0 saturated heterocycles. The van der Waals surface area contributed by atoms with Crippen LogP contribution in [0.2, 0.25) is 0 Å². The van der Waals surface area contributed by atoms with Crippen LogP contribution in [-0.2, 0) is 0 Å². The zero-order valence-corrected chi connectivity index (χ0v) is 11.8. The fraction of sp³-hybridized carbons (Fsp3) is 0. The zero-order chi connectivity index (χ0) is 15.4. The second kappa shape index (κ2) is 6.35. The molecule has 0 aliphatic rings. The van der Waals surface area contributed by atoms with Crippen LogP contribution in [0.3, 0.4) is 0 Å². The first-order valence-corrected chi connectivity index (χ1v) is 7.01. The Bertz CT molecular complexity index is 790. The Hall–Kier alpha value is -2.74. The maximum atomic E-state index is 14.2. The first kappa shape index (κ1) is 14.2. The molecule has 0 unspecified atom stereocenters. The van der Waals surface area contributed by atoms with E-state index in [1.165, 1.54) is 6.07 Å². The smallest absolute Gasteiger partial charge is 0.131 e. The molecule has 3 rings (SSSR count). The summed E-state index contributed by atoms with van der Waals surface area (Å²) in [6.45, 7) is 0. The van der Waals surface area contributed by atoms with Crippen LogP contribution in [0.5, 0.6) is 0 Å². The average Bonchev–Trinajstić information content (AvgIpc) is 2.57. The summed E-state index contributed by atoms with van der Waals surface area (Å²) < 4.78 is 27.8. The van der Waals surface area contributed by atoms with Gasteiger partial charge in [-0.2, -0.15) is 0 Å². The van der Waals surface area contributed by atoms with Crippen molar-refractivity contribution >= 4 is 11.6 Å². The summed E-state index contributed by atoms with van der Waals surface area (Å²) >= 11 is 0. The predicted molar refractivity (Wildman–Crippen MR) is 86.2 cm³/mol. The topological polar surface area (TPSA) is 0 Å². The van der Waals surface area contributed by atoms with Gasteiger partial charge in [0.05, 0.1) is 0 Å². The van der Waals surface area contributed by atoms with Crippen LogP contribution in [0.4, 0.5) is 8.78 Å². The van der Waals surface area contributed by atoms with Gasteiger partial charge in [-0.3, -0.25) is 0 Å². The van der Waals surface area contributed by atoms with Crippen LogP contribution in [0, 0.1) is 11.6 Å². The van der Waals surface area contributed by atoms with Crippen molar-refractivity contribution in [2.45, 2.75) is 0 Å². The van der Waals surface area contributed by atoms with Gasteiger partial charge >= 0.3 is 0 Å². The van der Waals surface area contributed by atoms with Crippen molar-refractivity contribution in [3.63, 3.8) is 0 Å². The fourth-order valence-corrected chi connectivity index (χ4v) is 2.35. The number of benzene rings is 3. The van der Waals surface area contributed by atoms with E-state index >= 15 is 0 Å². The van der Waals surface area contributed by atoms with Crippen LogP contribution < -0.4 is 0 Å². The molecule has 0 aromatic heterocycles. The molecule has 3 aromatic rings. The summed E-state index contributed by atoms with van der Waals surface area (Å²) in [4.78, 5) is 0. The monoisotopic (exact) mass is 292 g/mol. The molecule has 0 radical (unpaired) electrons. The van der Waals surface area contributed by atoms with E-state index in [0.29, 0.717) is 5.57 Å². The molecule has 0 spiro atoms. The molecule has 0 fully saturated rings. The zero-order valence-electron chi connectivity index (χ0n) is 11.8. The van der Waals surface area contributed by atoms with E-state index in [9.17, 15) is 8.78 Å². The number of rotatable bonds is 3. The maximum absolute atomic E-state index is 14.2. The van der Waals surface area contributed by atoms with Gasteiger partial charge in [0.1, 0.15) is 11.6 Å². The van der Waals surface area contributed by atoms with Gasteiger partial charge in [0, 0.05) is 5.56 Å². The van der Waals surface area contributed by atoms with Crippen molar-refractivity contribution in [3.05, 3.63) is 107 Å². The summed E-state index contributed by atoms with van der Waals surface area (Å²) in [6, 6.07) is 22.6. The lowest BCUT2D eigenvalue weighted by Gasteiger charge is -2.10. The van der Waals surface area contributed by atoms with E-state index in [2.05, 4.69) is 0 Å². The lowest BCUT2D eigenvalue weighted by molar-refractivity contribution is 0.597. The van der Waals surface area contributed by atoms with Crippen LogP contribution in [-0.4, -0.2) is 0 Å². The third-order valence-corrected chi connectivity index (χ3v) is 3.41. The Morgan fingerprint density at radius 2 is 1.36 bits per heavy atom. The predicted octanol–water partition coefficient (Wildman–Crippen LogP) is 5.55. The molecule has 0 aliphatic carbocycles. The van der Waals surface area contributed by atoms with E-state index in [1.54, 1.807) is 0 Å². The normalized spacial score (nSPS) is 11.5. The van der Waals surface area contributed by atoms with Gasteiger partial charge in [-0.05, 0) is 41.0 Å². The molecule has 0 bridgehead atoms. The highest BCUT2D eigenvalue weighted by molar-refractivity contribution is 5.91. The van der Waals surface area contributed by atoms with Gasteiger partial charge in [0.15, 0.2) is 0 Å². The van der Waals surface area contributed by atoms with Crippen molar-refractivity contribution in [3.8, 4) is 0 Å². The first-order chi connectivity index (χ1) is 10.7. The average molecular weight is 292 g/mol. The molecule has 0 amide bonds. The van der Waals surface area contributed by atoms with Crippen LogP contribution in [0.25, 0.3) is 11.6 Å². The quantitative estimate of drug-likeness (QED) is 0.555. The molecule has 0 nitrogen and oxygen atoms in total. The molecule has 0 aliphatic heterocycles. The molecule has 0 atom stereocenters. The molecule has 2 heteroatoms. The minimum Gasteiger partial charge on any atom is -0.207 e. The first-order valence-electron chi connectivity index (χ1n) is 7.01. The minimum absolute atomic E-state index is 0.259. The van der Waals surface area contributed by atoms with E-state index in [-0.39, 0.29) is 5.56 Å². The van der Waals surface area contributed by atoms with Gasteiger partial charge in [-0.25, -0.2) is 8.78 Å². The lowest BCUT2D eigenvalue weighted by Crippen LogP contribution is -1.94. The number of halogens is 2. The third-order valence-electron chi connectivity index (χ3n) is 3.41. The SMILES string of the molecule is Fc1ccc(F)c(/C(=C\c2ccccc2)c2ccccc2)c1. The van der Waals surface area contributed by atoms with Gasteiger partial charge < -0.3 is 0 Å². The summed E-state index contributed by atoms with van der Waals surface area (Å²) in [5.41, 5.74) is 2.69. The van der Waals surface area contributed by atoms with Gasteiger partial charge in [-0.1, -0.05) is 60.7 Å². The Labute approximate surface area is 128 Å². The summed E-state index contributed by atoms with van der Waals surface area (Å²) in [6.07, 6.45) is 1.87. The Morgan fingerprint density at radius 1 is 0.727 bits per heavy atom. The van der Waals surface area contributed by atoms with Crippen LogP contribution in [0.15, 0.2) is 78.9 Å². The lowest BCUT2D eigenvalue weighted by atomic mass is 9.95. The summed E-state index contributed by atoms with van der Waals surface area (Å²) in [5, 5.41) is 0. The highest BCUT2D eigenvalue weighted by Gasteiger charge is 2.11. The molecule has 108 valence electrons. The van der Waals surface area contributed by atoms with E-state index in [0.717, 1.165) is 23.3 Å². The summed E-state index contributed by atoms with van der Waals surface area (Å²) in [7, 11) is 0. The largest absolute Gasteiger partial charge is 0.207 e. The van der Waals surface area contributed by atoms with Crippen LogP contribution in [0.1, 0.15) is 16.7 Å². The highest BCUT2D eigenvalue weighted by atomic mass is 19.1. The van der Waals surface area contributed by atoms with Crippen molar-refractivity contribution in [1.82, 2.24) is 0 Å². The second-order valence-electron chi connectivity index (χ2n) is 4.96. The highest BCUT2D eigenvalue weighted by Crippen LogP contribution is 2.28. The Morgan fingerprint density at radius 3 is 2.05 bits per heavy atom. The minimum atomic E-state index is -0.453. The standard InChI is InChI=1S/C20H14F2/c21-17-11-12-20(22)19(14-17)18(16-9-5-2-6-10-16)13-15-7-3-1-4-8-15/h1-14H/b18-13-. The molecular weight excluding hydrogens is 278 g/mol. The molecule has 22 heavy (non-hydrogen) atoms. The molecule has 0 heterocycles. The molecule has 0 N–H and O–H groups in total. The fourth-order valence-electron chi connectivity index (χ4n) is 2.35. The number of hydrogen-bond acceptors (Lipinski definition) is 0. The van der Waals surface area contributed by atoms with Crippen molar-refractivity contribution in [2.75, 3.05) is 0 Å². The summed E-state index contributed by atoms with van der Waals surface area (Å²) in [5.74, 6) is -0.890. The van der Waals surface area contributed by atoms with Crippen molar-refractivity contribution in [2.24, 2.45) is 0 Å². The van der Waals surface area contributed by atoms with Gasteiger partial charge in [0.25, 0.3) is 0 Å². The molecule has 0 saturated carbocycles. The Balaban J connectivity index is 2.20. The van der Waals surface area contributed by atoms with E-state index in [4.69, 9.17) is 0 Å². The molecule has 3 aromatic carbocycles. The second-order valence-corrected chi connectivity index (χ2v) is 4.96. The van der Waals surface area contributed by atoms with Crippen molar-refractivity contribution in [1.29, 1.82) is 0 Å². The van der Waals surface area contributed by atoms with Crippen LogP contribution >= 0.6 is 0 Å². The van der Waals surface area contributed by atoms with E-state index < -0.39 is 11.6 Å². The van der Waals surface area contributed by atoms with E-state index in [1.807, 2.05) is 66.7 Å². The third kappa shape index (κ3) is 3.12. The van der Waals surface area contributed by atoms with Gasteiger partial charge in [-0.15, -0.1) is 0 Å². The molecular formula is C20H14F2. The Kier molecular flexibility index (Phi) is 4.10. The van der Waals surface area contributed by atoms with Crippen molar-refractivity contribution < 1.29 is 8.78 Å².